The van der Waals surface area contributed by atoms with Crippen molar-refractivity contribution in [3.05, 3.63) is 71.1 Å². The molecule has 0 unspecified atom stereocenters. The number of hydrogen-bond donors (Lipinski definition) is 3. The molecule has 166 valence electrons. The summed E-state index contributed by atoms with van der Waals surface area (Å²) in [4.78, 5) is 12.1. The number of sulfonamides is 1. The third kappa shape index (κ3) is 6.96. The molecule has 0 saturated carbocycles. The number of aromatic hydroxyl groups is 1. The summed E-state index contributed by atoms with van der Waals surface area (Å²) in [5.74, 6) is -1.13. The summed E-state index contributed by atoms with van der Waals surface area (Å²) in [6, 6.07) is 7.97. The standard InChI is InChI=1S/C23H27FN2O4S/c1-6-16-11-15(12-19(24)22(16)26-31(5,29)30)14-25-21(28)10-8-17-7-9-18(13-20(17)27)23(2,3)4/h6-13,26-27H,1,14H2,2-5H3,(H,25,28)/b10-8+. The lowest BCUT2D eigenvalue weighted by Gasteiger charge is -2.19. The molecule has 0 spiro atoms. The van der Waals surface area contributed by atoms with E-state index in [2.05, 4.69) is 16.6 Å². The fourth-order valence-corrected chi connectivity index (χ4v) is 3.39. The molecule has 0 aliphatic heterocycles. The van der Waals surface area contributed by atoms with Crippen LogP contribution in [0.2, 0.25) is 0 Å². The monoisotopic (exact) mass is 446 g/mol. The minimum atomic E-state index is -3.66. The third-order valence-electron chi connectivity index (χ3n) is 4.47. The van der Waals surface area contributed by atoms with Crippen molar-refractivity contribution in [1.29, 1.82) is 0 Å². The number of phenolic OH excluding ortho intramolecular Hbond substituents is 1. The Bertz CT molecular complexity index is 1130. The summed E-state index contributed by atoms with van der Waals surface area (Å²) >= 11 is 0. The van der Waals surface area contributed by atoms with Crippen molar-refractivity contribution in [2.45, 2.75) is 32.7 Å². The maximum Gasteiger partial charge on any atom is 0.244 e. The molecule has 0 fully saturated rings. The molecule has 0 bridgehead atoms. The lowest BCUT2D eigenvalue weighted by molar-refractivity contribution is -0.116. The average molecular weight is 447 g/mol. The van der Waals surface area contributed by atoms with E-state index in [0.29, 0.717) is 11.1 Å². The third-order valence-corrected chi connectivity index (χ3v) is 5.04. The van der Waals surface area contributed by atoms with Gasteiger partial charge in [0.2, 0.25) is 15.9 Å². The van der Waals surface area contributed by atoms with Crippen LogP contribution >= 0.6 is 0 Å². The average Bonchev–Trinajstić information content (AvgIpc) is 2.65. The molecule has 0 aliphatic carbocycles. The molecule has 0 saturated heterocycles. The molecule has 0 radical (unpaired) electrons. The van der Waals surface area contributed by atoms with Crippen LogP contribution in [-0.4, -0.2) is 25.7 Å². The second-order valence-electron chi connectivity index (χ2n) is 8.19. The molecule has 2 aromatic carbocycles. The Morgan fingerprint density at radius 2 is 1.87 bits per heavy atom. The summed E-state index contributed by atoms with van der Waals surface area (Å²) in [5.41, 5.74) is 1.87. The van der Waals surface area contributed by atoms with Crippen molar-refractivity contribution in [3.8, 4) is 5.75 Å². The van der Waals surface area contributed by atoms with Crippen molar-refractivity contribution in [3.63, 3.8) is 0 Å². The largest absolute Gasteiger partial charge is 0.507 e. The van der Waals surface area contributed by atoms with Gasteiger partial charge in [0.15, 0.2) is 0 Å². The molecule has 8 heteroatoms. The first-order chi connectivity index (χ1) is 14.3. The van der Waals surface area contributed by atoms with Gasteiger partial charge in [-0.15, -0.1) is 0 Å². The second-order valence-corrected chi connectivity index (χ2v) is 9.94. The SMILES string of the molecule is C=Cc1cc(CNC(=O)/C=C/c2ccc(C(C)(C)C)cc2O)cc(F)c1NS(C)(=O)=O. The van der Waals surface area contributed by atoms with Gasteiger partial charge in [-0.1, -0.05) is 45.6 Å². The Labute approximate surface area is 182 Å². The molecule has 31 heavy (non-hydrogen) atoms. The van der Waals surface area contributed by atoms with Crippen molar-refractivity contribution in [1.82, 2.24) is 5.32 Å². The molecule has 0 atom stereocenters. The number of rotatable bonds is 7. The zero-order valence-electron chi connectivity index (χ0n) is 18.0. The van der Waals surface area contributed by atoms with Crippen LogP contribution in [0, 0.1) is 5.82 Å². The quantitative estimate of drug-likeness (QED) is 0.556. The molecule has 1 amide bonds. The minimum Gasteiger partial charge on any atom is -0.507 e. The van der Waals surface area contributed by atoms with Gasteiger partial charge in [0.05, 0.1) is 11.9 Å². The van der Waals surface area contributed by atoms with Crippen LogP contribution in [0.4, 0.5) is 10.1 Å². The van der Waals surface area contributed by atoms with Crippen LogP contribution < -0.4 is 10.0 Å². The van der Waals surface area contributed by atoms with Crippen LogP contribution in [0.15, 0.2) is 43.0 Å². The Morgan fingerprint density at radius 3 is 2.42 bits per heavy atom. The highest BCUT2D eigenvalue weighted by Crippen LogP contribution is 2.28. The first-order valence-electron chi connectivity index (χ1n) is 9.52. The van der Waals surface area contributed by atoms with E-state index < -0.39 is 21.7 Å². The maximum atomic E-state index is 14.4. The van der Waals surface area contributed by atoms with E-state index in [9.17, 15) is 22.7 Å². The highest BCUT2D eigenvalue weighted by atomic mass is 32.2. The normalized spacial score (nSPS) is 12.0. The summed E-state index contributed by atoms with van der Waals surface area (Å²) in [7, 11) is -3.66. The van der Waals surface area contributed by atoms with Gasteiger partial charge in [0.25, 0.3) is 0 Å². The predicted molar refractivity (Wildman–Crippen MR) is 123 cm³/mol. The molecule has 0 aliphatic rings. The van der Waals surface area contributed by atoms with Crippen molar-refractivity contribution < 1.29 is 22.7 Å². The van der Waals surface area contributed by atoms with E-state index in [4.69, 9.17) is 0 Å². The summed E-state index contributed by atoms with van der Waals surface area (Å²) < 4.78 is 39.3. The number of hydrogen-bond acceptors (Lipinski definition) is 4. The van der Waals surface area contributed by atoms with Crippen molar-refractivity contribution in [2.24, 2.45) is 0 Å². The fourth-order valence-electron chi connectivity index (χ4n) is 2.81. The smallest absolute Gasteiger partial charge is 0.244 e. The van der Waals surface area contributed by atoms with E-state index in [0.717, 1.165) is 17.9 Å². The lowest BCUT2D eigenvalue weighted by atomic mass is 9.86. The molecule has 2 aromatic rings. The number of amides is 1. The molecular formula is C23H27FN2O4S. The molecular weight excluding hydrogens is 419 g/mol. The van der Waals surface area contributed by atoms with Crippen LogP contribution in [-0.2, 0) is 26.8 Å². The molecule has 3 N–H and O–H groups in total. The van der Waals surface area contributed by atoms with Crippen LogP contribution in [0.25, 0.3) is 12.2 Å². The van der Waals surface area contributed by atoms with Gasteiger partial charge < -0.3 is 10.4 Å². The van der Waals surface area contributed by atoms with E-state index in [1.54, 1.807) is 12.1 Å². The zero-order valence-corrected chi connectivity index (χ0v) is 18.8. The number of nitrogens with one attached hydrogen (secondary N) is 2. The number of anilines is 1. The van der Waals surface area contributed by atoms with Crippen LogP contribution in [0.1, 0.15) is 43.0 Å². The summed E-state index contributed by atoms with van der Waals surface area (Å²) in [6.07, 6.45) is 5.02. The summed E-state index contributed by atoms with van der Waals surface area (Å²) in [5, 5.41) is 12.8. The van der Waals surface area contributed by atoms with E-state index >= 15 is 0 Å². The Balaban J connectivity index is 2.09. The maximum absolute atomic E-state index is 14.4. The first kappa shape index (κ1) is 24.1. The highest BCUT2D eigenvalue weighted by molar-refractivity contribution is 7.92. The topological polar surface area (TPSA) is 95.5 Å². The van der Waals surface area contributed by atoms with Crippen LogP contribution in [0.5, 0.6) is 5.75 Å². The van der Waals surface area contributed by atoms with E-state index in [1.807, 2.05) is 26.8 Å². The Kier molecular flexibility index (Phi) is 7.28. The number of phenols is 1. The van der Waals surface area contributed by atoms with Gasteiger partial charge in [-0.05, 0) is 40.8 Å². The highest BCUT2D eigenvalue weighted by Gasteiger charge is 2.15. The van der Waals surface area contributed by atoms with Crippen molar-refractivity contribution in [2.75, 3.05) is 11.0 Å². The van der Waals surface area contributed by atoms with Crippen molar-refractivity contribution >= 4 is 33.8 Å². The van der Waals surface area contributed by atoms with E-state index in [-0.39, 0.29) is 29.0 Å². The predicted octanol–water partition coefficient (Wildman–Crippen LogP) is 4.17. The first-order valence-corrected chi connectivity index (χ1v) is 11.4. The van der Waals surface area contributed by atoms with Crippen LogP contribution in [0.3, 0.4) is 0 Å². The Morgan fingerprint density at radius 1 is 1.19 bits per heavy atom. The van der Waals surface area contributed by atoms with Gasteiger partial charge in [0.1, 0.15) is 11.6 Å². The molecule has 0 heterocycles. The zero-order chi connectivity index (χ0) is 23.4. The molecule has 2 rings (SSSR count). The summed E-state index contributed by atoms with van der Waals surface area (Å²) in [6.45, 7) is 9.70. The molecule has 6 nitrogen and oxygen atoms in total. The molecule has 0 aromatic heterocycles. The van der Waals surface area contributed by atoms with Gasteiger partial charge in [-0.3, -0.25) is 9.52 Å². The number of benzene rings is 2. The van der Waals surface area contributed by atoms with Gasteiger partial charge in [0, 0.05) is 23.7 Å². The number of carbonyl (C=O) groups excluding carboxylic acids is 1. The van der Waals surface area contributed by atoms with E-state index in [1.165, 1.54) is 24.3 Å². The number of carbonyl (C=O) groups is 1. The van der Waals surface area contributed by atoms with Gasteiger partial charge >= 0.3 is 0 Å². The lowest BCUT2D eigenvalue weighted by Crippen LogP contribution is -2.20. The Hall–Kier alpha value is -3.13. The van der Waals surface area contributed by atoms with Gasteiger partial charge in [-0.2, -0.15) is 0 Å². The van der Waals surface area contributed by atoms with Gasteiger partial charge in [-0.25, -0.2) is 12.8 Å². The fraction of sp³-hybridized carbons (Fsp3) is 0.261. The minimum absolute atomic E-state index is 0.0228. The second kappa shape index (κ2) is 9.34. The number of halogens is 1.